The van der Waals surface area contributed by atoms with Crippen molar-refractivity contribution < 1.29 is 4.79 Å². The third-order valence-electron chi connectivity index (χ3n) is 3.49. The van der Waals surface area contributed by atoms with Crippen LogP contribution >= 0.6 is 0 Å². The molecule has 1 atom stereocenters. The number of aryl methyl sites for hydroxylation is 1. The Morgan fingerprint density at radius 1 is 1.65 bits per heavy atom. The fraction of sp³-hybridized carbons (Fsp3) is 0.538. The highest BCUT2D eigenvalue weighted by molar-refractivity contribution is 5.96. The van der Waals surface area contributed by atoms with Gasteiger partial charge < -0.3 is 10.6 Å². The molecule has 2 heterocycles. The first kappa shape index (κ1) is 11.9. The Morgan fingerprint density at radius 3 is 3.06 bits per heavy atom. The zero-order valence-corrected chi connectivity index (χ0v) is 10.4. The van der Waals surface area contributed by atoms with Crippen molar-refractivity contribution in [3.05, 3.63) is 23.5 Å². The molecule has 1 aliphatic rings. The van der Waals surface area contributed by atoms with Crippen LogP contribution in [0.1, 0.15) is 35.8 Å². The summed E-state index contributed by atoms with van der Waals surface area (Å²) in [5.74, 6) is 0.714. The number of likely N-dealkylation sites (tertiary alicyclic amines) is 1. The summed E-state index contributed by atoms with van der Waals surface area (Å²) < 4.78 is 0. The number of hydrogen-bond acceptors (Lipinski definition) is 3. The summed E-state index contributed by atoms with van der Waals surface area (Å²) in [5.41, 5.74) is 7.63. The van der Waals surface area contributed by atoms with Gasteiger partial charge >= 0.3 is 0 Å². The monoisotopic (exact) mass is 233 g/mol. The zero-order valence-electron chi connectivity index (χ0n) is 10.4. The van der Waals surface area contributed by atoms with Crippen molar-refractivity contribution in [2.24, 2.45) is 5.92 Å². The van der Waals surface area contributed by atoms with Crippen molar-refractivity contribution in [1.82, 2.24) is 9.88 Å². The molecule has 4 nitrogen and oxygen atoms in total. The van der Waals surface area contributed by atoms with Crippen LogP contribution in [0.25, 0.3) is 0 Å². The summed E-state index contributed by atoms with van der Waals surface area (Å²) in [4.78, 5) is 18.4. The van der Waals surface area contributed by atoms with Crippen LogP contribution in [0.4, 0.5) is 5.69 Å². The summed E-state index contributed by atoms with van der Waals surface area (Å²) in [6, 6.07) is 1.73. The summed E-state index contributed by atoms with van der Waals surface area (Å²) in [5, 5.41) is 0. The summed E-state index contributed by atoms with van der Waals surface area (Å²) in [6.45, 7) is 5.74. The Kier molecular flexibility index (Phi) is 3.31. The highest BCUT2D eigenvalue weighted by atomic mass is 16.2. The van der Waals surface area contributed by atoms with Crippen molar-refractivity contribution in [2.45, 2.75) is 26.7 Å². The van der Waals surface area contributed by atoms with E-state index in [1.165, 1.54) is 0 Å². The van der Waals surface area contributed by atoms with E-state index in [9.17, 15) is 4.79 Å². The first-order valence-electron chi connectivity index (χ1n) is 6.13. The molecule has 2 N–H and O–H groups in total. The molecular formula is C13H19N3O. The van der Waals surface area contributed by atoms with E-state index in [-0.39, 0.29) is 5.91 Å². The standard InChI is InChI=1S/C13H19N3O/c1-3-10-4-5-16(8-10)13(17)12-6-11(14)7-15-9(12)2/h6-7,10H,3-5,8,14H2,1-2H3. The van der Waals surface area contributed by atoms with Gasteiger partial charge in [-0.05, 0) is 25.3 Å². The molecule has 1 unspecified atom stereocenters. The molecule has 4 heteroatoms. The molecule has 92 valence electrons. The van der Waals surface area contributed by atoms with Crippen LogP contribution < -0.4 is 5.73 Å². The molecular weight excluding hydrogens is 214 g/mol. The maximum Gasteiger partial charge on any atom is 0.255 e. The molecule has 1 fully saturated rings. The van der Waals surface area contributed by atoms with E-state index >= 15 is 0 Å². The number of anilines is 1. The molecule has 1 amide bonds. The van der Waals surface area contributed by atoms with Gasteiger partial charge in [0.1, 0.15) is 0 Å². The molecule has 0 aromatic carbocycles. The summed E-state index contributed by atoms with van der Waals surface area (Å²) in [6.07, 6.45) is 3.83. The smallest absolute Gasteiger partial charge is 0.255 e. The first-order valence-corrected chi connectivity index (χ1v) is 6.13. The lowest BCUT2D eigenvalue weighted by Gasteiger charge is -2.17. The van der Waals surface area contributed by atoms with E-state index in [1.807, 2.05) is 11.8 Å². The molecule has 2 rings (SSSR count). The number of amides is 1. The Hall–Kier alpha value is -1.58. The van der Waals surface area contributed by atoms with Crippen LogP contribution in [0.5, 0.6) is 0 Å². The lowest BCUT2D eigenvalue weighted by Crippen LogP contribution is -2.29. The van der Waals surface area contributed by atoms with E-state index < -0.39 is 0 Å². The van der Waals surface area contributed by atoms with Gasteiger partial charge in [0.2, 0.25) is 0 Å². The van der Waals surface area contributed by atoms with Crippen LogP contribution in [0.3, 0.4) is 0 Å². The van der Waals surface area contributed by atoms with Crippen LogP contribution in [-0.2, 0) is 0 Å². The van der Waals surface area contributed by atoms with Gasteiger partial charge in [-0.25, -0.2) is 0 Å². The molecule has 17 heavy (non-hydrogen) atoms. The third-order valence-corrected chi connectivity index (χ3v) is 3.49. The first-order chi connectivity index (χ1) is 8.11. The topological polar surface area (TPSA) is 59.2 Å². The van der Waals surface area contributed by atoms with E-state index in [2.05, 4.69) is 11.9 Å². The van der Waals surface area contributed by atoms with Gasteiger partial charge in [0.25, 0.3) is 5.91 Å². The van der Waals surface area contributed by atoms with Crippen molar-refractivity contribution >= 4 is 11.6 Å². The minimum Gasteiger partial charge on any atom is -0.397 e. The van der Waals surface area contributed by atoms with Crippen molar-refractivity contribution in [2.75, 3.05) is 18.8 Å². The van der Waals surface area contributed by atoms with Crippen LogP contribution in [-0.4, -0.2) is 28.9 Å². The molecule has 0 saturated carbocycles. The van der Waals surface area contributed by atoms with E-state index in [4.69, 9.17) is 5.73 Å². The Morgan fingerprint density at radius 2 is 2.41 bits per heavy atom. The second-order valence-electron chi connectivity index (χ2n) is 4.72. The predicted octanol–water partition coefficient (Wildman–Crippen LogP) is 1.84. The number of nitrogens with zero attached hydrogens (tertiary/aromatic N) is 2. The van der Waals surface area contributed by atoms with Gasteiger partial charge in [-0.15, -0.1) is 0 Å². The lowest BCUT2D eigenvalue weighted by atomic mass is 10.1. The highest BCUT2D eigenvalue weighted by Crippen LogP contribution is 2.22. The normalized spacial score (nSPS) is 19.6. The lowest BCUT2D eigenvalue weighted by molar-refractivity contribution is 0.0785. The molecule has 0 bridgehead atoms. The van der Waals surface area contributed by atoms with E-state index in [1.54, 1.807) is 12.3 Å². The number of rotatable bonds is 2. The number of hydrogen-bond donors (Lipinski definition) is 1. The second kappa shape index (κ2) is 4.73. The van der Waals surface area contributed by atoms with E-state index in [0.29, 0.717) is 17.2 Å². The minimum absolute atomic E-state index is 0.0678. The van der Waals surface area contributed by atoms with Gasteiger partial charge in [0.05, 0.1) is 23.1 Å². The average Bonchev–Trinajstić information content (AvgIpc) is 2.80. The predicted molar refractivity (Wildman–Crippen MR) is 67.7 cm³/mol. The summed E-state index contributed by atoms with van der Waals surface area (Å²) in [7, 11) is 0. The average molecular weight is 233 g/mol. The van der Waals surface area contributed by atoms with E-state index in [0.717, 1.165) is 31.6 Å². The fourth-order valence-corrected chi connectivity index (χ4v) is 2.29. The highest BCUT2D eigenvalue weighted by Gasteiger charge is 2.26. The Bertz CT molecular complexity index is 431. The number of nitrogens with two attached hydrogens (primary N) is 1. The maximum absolute atomic E-state index is 12.3. The van der Waals surface area contributed by atoms with Crippen molar-refractivity contribution in [3.8, 4) is 0 Å². The fourth-order valence-electron chi connectivity index (χ4n) is 2.29. The largest absolute Gasteiger partial charge is 0.397 e. The van der Waals surface area contributed by atoms with Gasteiger partial charge in [-0.2, -0.15) is 0 Å². The second-order valence-corrected chi connectivity index (χ2v) is 4.72. The number of pyridine rings is 1. The van der Waals surface area contributed by atoms with Gasteiger partial charge in [-0.3, -0.25) is 9.78 Å². The molecule has 1 saturated heterocycles. The SMILES string of the molecule is CCC1CCN(C(=O)c2cc(N)cnc2C)C1. The van der Waals surface area contributed by atoms with Crippen LogP contribution in [0.15, 0.2) is 12.3 Å². The molecule has 0 radical (unpaired) electrons. The summed E-state index contributed by atoms with van der Waals surface area (Å²) >= 11 is 0. The molecule has 0 spiro atoms. The van der Waals surface area contributed by atoms with Crippen molar-refractivity contribution in [1.29, 1.82) is 0 Å². The zero-order chi connectivity index (χ0) is 12.4. The molecule has 1 aromatic heterocycles. The molecule has 1 aliphatic heterocycles. The molecule has 1 aromatic rings. The van der Waals surface area contributed by atoms with Gasteiger partial charge in [0.15, 0.2) is 0 Å². The minimum atomic E-state index is 0.0678. The number of aromatic nitrogens is 1. The number of carbonyl (C=O) groups is 1. The Balaban J connectivity index is 2.17. The quantitative estimate of drug-likeness (QED) is 0.848. The molecule has 0 aliphatic carbocycles. The Labute approximate surface area is 102 Å². The third kappa shape index (κ3) is 2.40. The number of nitrogen functional groups attached to an aromatic ring is 1. The van der Waals surface area contributed by atoms with Crippen LogP contribution in [0.2, 0.25) is 0 Å². The van der Waals surface area contributed by atoms with Crippen LogP contribution in [0, 0.1) is 12.8 Å². The van der Waals surface area contributed by atoms with Gasteiger partial charge in [-0.1, -0.05) is 13.3 Å². The van der Waals surface area contributed by atoms with Crippen molar-refractivity contribution in [3.63, 3.8) is 0 Å². The maximum atomic E-state index is 12.3. The number of carbonyl (C=O) groups excluding carboxylic acids is 1. The van der Waals surface area contributed by atoms with Gasteiger partial charge in [0, 0.05) is 13.1 Å².